The van der Waals surface area contributed by atoms with Gasteiger partial charge in [0.2, 0.25) is 0 Å². The molecule has 2 fully saturated rings. The summed E-state index contributed by atoms with van der Waals surface area (Å²) >= 11 is 0. The van der Waals surface area contributed by atoms with Crippen molar-refractivity contribution in [1.82, 2.24) is 19.9 Å². The Hall–Kier alpha value is -3.67. The largest absolute Gasteiger partial charge is 0.391 e. The van der Waals surface area contributed by atoms with E-state index in [1.165, 1.54) is 17.2 Å². The Balaban J connectivity index is 1.48. The van der Waals surface area contributed by atoms with Gasteiger partial charge in [0.05, 0.1) is 24.7 Å². The molecular weight excluding hydrogens is 429 g/mol. The van der Waals surface area contributed by atoms with Crippen molar-refractivity contribution >= 4 is 29.0 Å². The highest BCUT2D eigenvalue weighted by atomic mass is 19.1. The number of anilines is 2. The summed E-state index contributed by atoms with van der Waals surface area (Å²) in [6, 6.07) is 2.55. The molecule has 3 heterocycles. The van der Waals surface area contributed by atoms with Gasteiger partial charge in [0.15, 0.2) is 11.4 Å². The van der Waals surface area contributed by atoms with E-state index in [1.807, 2.05) is 0 Å². The molecule has 12 heteroatoms. The van der Waals surface area contributed by atoms with Gasteiger partial charge in [-0.3, -0.25) is 4.79 Å². The van der Waals surface area contributed by atoms with Crippen LogP contribution in [0.25, 0.3) is 5.65 Å². The predicted octanol–water partition coefficient (Wildman–Crippen LogP) is 1.92. The second-order valence-electron chi connectivity index (χ2n) is 7.78. The van der Waals surface area contributed by atoms with Crippen LogP contribution >= 0.6 is 0 Å². The van der Waals surface area contributed by atoms with Gasteiger partial charge in [-0.25, -0.2) is 23.1 Å². The summed E-state index contributed by atoms with van der Waals surface area (Å²) in [7, 11) is 0. The summed E-state index contributed by atoms with van der Waals surface area (Å²) in [5.41, 5.74) is -0.319. The zero-order valence-corrected chi connectivity index (χ0v) is 16.4. The van der Waals surface area contributed by atoms with Crippen LogP contribution in [-0.4, -0.2) is 50.2 Å². The number of hydrogen-bond donors (Lipinski definition) is 3. The number of hydrogen-bond acceptors (Lipinski definition) is 6. The number of Topliss-reactive ketones (excluding diaryl/α,β-unsaturated/α-hetero) is 1. The van der Waals surface area contributed by atoms with Gasteiger partial charge in [0.1, 0.15) is 23.1 Å². The summed E-state index contributed by atoms with van der Waals surface area (Å²) in [6.07, 6.45) is 1.12. The molecule has 1 aliphatic heterocycles. The molecule has 1 saturated heterocycles. The van der Waals surface area contributed by atoms with Gasteiger partial charge in [-0.15, -0.1) is 5.10 Å². The molecule has 2 aliphatic rings. The number of benzene rings is 1. The standard InChI is InChI=1S/C20H17F3N6O3/c21-9-1-2-12(22)11(5-9)14-6-10(30)8-28(14)16-3-4-29-19(25-16)17(18(23)27-29)26-20(32)24-13-7-15(13)31/h1-5,13-15,31H,6-8H2,(H2,24,26,32)/t13-,14-,15-/m1/s1. The molecule has 0 radical (unpaired) electrons. The van der Waals surface area contributed by atoms with E-state index in [1.54, 1.807) is 0 Å². The van der Waals surface area contributed by atoms with Crippen LogP contribution in [0.1, 0.15) is 24.4 Å². The molecule has 2 aromatic heterocycles. The lowest BCUT2D eigenvalue weighted by Gasteiger charge is -2.25. The maximum Gasteiger partial charge on any atom is 0.319 e. The highest BCUT2D eigenvalue weighted by Crippen LogP contribution is 2.36. The fourth-order valence-electron chi connectivity index (χ4n) is 3.79. The molecule has 3 aromatic rings. The molecule has 1 aliphatic carbocycles. The minimum Gasteiger partial charge on any atom is -0.391 e. The molecule has 5 rings (SSSR count). The van der Waals surface area contributed by atoms with E-state index in [2.05, 4.69) is 20.7 Å². The smallest absolute Gasteiger partial charge is 0.319 e. The lowest BCUT2D eigenvalue weighted by Crippen LogP contribution is -2.32. The predicted molar refractivity (Wildman–Crippen MR) is 106 cm³/mol. The van der Waals surface area contributed by atoms with Gasteiger partial charge in [-0.1, -0.05) is 0 Å². The number of urea groups is 1. The number of rotatable bonds is 4. The van der Waals surface area contributed by atoms with Crippen molar-refractivity contribution in [3.8, 4) is 0 Å². The molecule has 1 saturated carbocycles. The van der Waals surface area contributed by atoms with Crippen LogP contribution in [-0.2, 0) is 4.79 Å². The van der Waals surface area contributed by atoms with Crippen LogP contribution in [0.5, 0.6) is 0 Å². The quantitative estimate of drug-likeness (QED) is 0.565. The highest BCUT2D eigenvalue weighted by molar-refractivity contribution is 5.94. The van der Waals surface area contributed by atoms with Crippen molar-refractivity contribution in [3.63, 3.8) is 0 Å². The molecule has 0 bridgehead atoms. The summed E-state index contributed by atoms with van der Waals surface area (Å²) in [4.78, 5) is 30.1. The molecule has 2 amide bonds. The van der Waals surface area contributed by atoms with E-state index >= 15 is 0 Å². The minimum atomic E-state index is -0.980. The van der Waals surface area contributed by atoms with Crippen molar-refractivity contribution in [2.75, 3.05) is 16.8 Å². The minimum absolute atomic E-state index is 0.0120. The van der Waals surface area contributed by atoms with Crippen LogP contribution in [0, 0.1) is 17.6 Å². The van der Waals surface area contributed by atoms with Crippen molar-refractivity contribution < 1.29 is 27.9 Å². The number of aromatic nitrogens is 3. The summed E-state index contributed by atoms with van der Waals surface area (Å²) < 4.78 is 43.6. The number of nitrogens with zero attached hydrogens (tertiary/aromatic N) is 4. The molecular formula is C20H17F3N6O3. The average molecular weight is 446 g/mol. The third-order valence-corrected chi connectivity index (χ3v) is 5.49. The summed E-state index contributed by atoms with van der Waals surface area (Å²) in [5.74, 6) is -2.26. The van der Waals surface area contributed by atoms with Crippen molar-refractivity contribution in [2.24, 2.45) is 0 Å². The number of ketones is 1. The van der Waals surface area contributed by atoms with E-state index in [9.17, 15) is 27.9 Å². The number of fused-ring (bicyclic) bond motifs is 1. The Labute approximate surface area is 178 Å². The van der Waals surface area contributed by atoms with E-state index in [0.29, 0.717) is 6.42 Å². The van der Waals surface area contributed by atoms with Gasteiger partial charge in [0.25, 0.3) is 5.95 Å². The van der Waals surface area contributed by atoms with Crippen molar-refractivity contribution in [1.29, 1.82) is 0 Å². The van der Waals surface area contributed by atoms with Gasteiger partial charge < -0.3 is 20.6 Å². The Bertz CT molecular complexity index is 1250. The number of amides is 2. The number of nitrogens with one attached hydrogen (secondary N) is 2. The first-order chi connectivity index (χ1) is 15.3. The third-order valence-electron chi connectivity index (χ3n) is 5.49. The third kappa shape index (κ3) is 3.62. The fraction of sp³-hybridized carbons (Fsp3) is 0.300. The van der Waals surface area contributed by atoms with E-state index < -0.39 is 41.8 Å². The van der Waals surface area contributed by atoms with Crippen molar-refractivity contribution in [3.05, 3.63) is 53.6 Å². The van der Waals surface area contributed by atoms with Gasteiger partial charge in [0, 0.05) is 18.2 Å². The Morgan fingerprint density at radius 3 is 2.75 bits per heavy atom. The number of aliphatic hydroxyl groups excluding tert-OH is 1. The zero-order chi connectivity index (χ0) is 22.6. The van der Waals surface area contributed by atoms with Crippen LogP contribution in [0.15, 0.2) is 30.5 Å². The second-order valence-corrected chi connectivity index (χ2v) is 7.78. The molecule has 32 heavy (non-hydrogen) atoms. The monoisotopic (exact) mass is 446 g/mol. The van der Waals surface area contributed by atoms with Gasteiger partial charge in [-0.2, -0.15) is 4.39 Å². The Morgan fingerprint density at radius 2 is 2.00 bits per heavy atom. The first kappa shape index (κ1) is 20.2. The van der Waals surface area contributed by atoms with Crippen LogP contribution < -0.4 is 15.5 Å². The van der Waals surface area contributed by atoms with Gasteiger partial charge >= 0.3 is 6.03 Å². The Morgan fingerprint density at radius 1 is 1.22 bits per heavy atom. The lowest BCUT2D eigenvalue weighted by atomic mass is 10.0. The van der Waals surface area contributed by atoms with E-state index in [0.717, 1.165) is 22.7 Å². The fourth-order valence-corrected chi connectivity index (χ4v) is 3.79. The SMILES string of the molecule is O=C1C[C@H](c2cc(F)ccc2F)N(c2ccn3nc(F)c(NC(=O)N[C@@H]4C[C@H]4O)c3n2)C1. The van der Waals surface area contributed by atoms with Gasteiger partial charge in [-0.05, 0) is 30.7 Å². The summed E-state index contributed by atoms with van der Waals surface area (Å²) in [6.45, 7) is -0.0940. The highest BCUT2D eigenvalue weighted by Gasteiger charge is 2.37. The maximum absolute atomic E-state index is 14.4. The Kier molecular flexibility index (Phi) is 4.73. The molecule has 3 atom stereocenters. The lowest BCUT2D eigenvalue weighted by molar-refractivity contribution is -0.116. The number of carbonyl (C=O) groups is 2. The summed E-state index contributed by atoms with van der Waals surface area (Å²) in [5, 5.41) is 17.8. The van der Waals surface area contributed by atoms with Crippen LogP contribution in [0.4, 0.5) is 29.5 Å². The number of aliphatic hydroxyl groups is 1. The average Bonchev–Trinajstić information content (AvgIpc) is 3.15. The molecule has 9 nitrogen and oxygen atoms in total. The number of carbonyl (C=O) groups excluding carboxylic acids is 2. The van der Waals surface area contributed by atoms with Crippen LogP contribution in [0.2, 0.25) is 0 Å². The maximum atomic E-state index is 14.4. The molecule has 1 aromatic carbocycles. The second kappa shape index (κ2) is 7.48. The first-order valence-electron chi connectivity index (χ1n) is 9.84. The normalized spacial score (nSPS) is 22.4. The number of halogens is 3. The molecule has 0 unspecified atom stereocenters. The van der Waals surface area contributed by atoms with Crippen LogP contribution in [0.3, 0.4) is 0 Å². The first-order valence-corrected chi connectivity index (χ1v) is 9.84. The molecule has 0 spiro atoms. The molecule has 166 valence electrons. The molecule has 3 N–H and O–H groups in total. The van der Waals surface area contributed by atoms with E-state index in [4.69, 9.17) is 0 Å². The van der Waals surface area contributed by atoms with E-state index in [-0.39, 0.29) is 41.5 Å². The topological polar surface area (TPSA) is 112 Å². The van der Waals surface area contributed by atoms with Crippen molar-refractivity contribution in [2.45, 2.75) is 31.0 Å². The zero-order valence-electron chi connectivity index (χ0n) is 16.4.